The predicted molar refractivity (Wildman–Crippen MR) is 124 cm³/mol. The zero-order chi connectivity index (χ0) is 22.2. The Balaban J connectivity index is 1.67. The molecule has 3 aromatic rings. The molecule has 2 aromatic carbocycles. The summed E-state index contributed by atoms with van der Waals surface area (Å²) in [6, 6.07) is 14.5. The number of benzene rings is 2. The molecule has 0 spiro atoms. The second-order valence-corrected chi connectivity index (χ2v) is 10.4. The Bertz CT molecular complexity index is 1220. The van der Waals surface area contributed by atoms with Gasteiger partial charge in [0, 0.05) is 19.0 Å². The molecule has 4 nitrogen and oxygen atoms in total. The first kappa shape index (κ1) is 20.2. The number of likely N-dealkylation sites (N-methyl/N-ethyl adjacent to an activating group) is 1. The molecule has 2 aliphatic carbocycles. The first-order valence-electron chi connectivity index (χ1n) is 11.2. The summed E-state index contributed by atoms with van der Waals surface area (Å²) >= 11 is 0. The predicted octanol–water partition coefficient (Wildman–Crippen LogP) is 5.23. The van der Waals surface area contributed by atoms with Gasteiger partial charge >= 0.3 is 0 Å². The van der Waals surface area contributed by atoms with Crippen LogP contribution in [0.25, 0.3) is 11.0 Å². The van der Waals surface area contributed by atoms with E-state index in [9.17, 15) is 4.79 Å². The molecule has 0 radical (unpaired) electrons. The minimum absolute atomic E-state index is 0.161. The number of carbonyl (C=O) groups is 1. The molecule has 5 rings (SSSR count). The number of nitrogens with zero attached hydrogens (tertiary/aromatic N) is 3. The topological polar surface area (TPSA) is 46.1 Å². The molecule has 2 bridgehead atoms. The molecule has 2 atom stereocenters. The third kappa shape index (κ3) is 2.45. The summed E-state index contributed by atoms with van der Waals surface area (Å²) < 4.78 is 0. The normalized spacial score (nSPS) is 25.6. The van der Waals surface area contributed by atoms with Crippen LogP contribution in [0.5, 0.6) is 0 Å². The summed E-state index contributed by atoms with van der Waals surface area (Å²) in [7, 11) is 1.93. The lowest BCUT2D eigenvalue weighted by Gasteiger charge is -2.41. The van der Waals surface area contributed by atoms with E-state index in [2.05, 4.69) is 58.9 Å². The molecule has 1 amide bonds. The van der Waals surface area contributed by atoms with Crippen LogP contribution in [0.15, 0.2) is 42.5 Å². The molecule has 1 fully saturated rings. The smallest absolute Gasteiger partial charge is 0.235 e. The Morgan fingerprint density at radius 3 is 2.13 bits per heavy atom. The molecule has 1 saturated carbocycles. The van der Waals surface area contributed by atoms with Crippen molar-refractivity contribution in [2.75, 3.05) is 7.05 Å². The van der Waals surface area contributed by atoms with Crippen molar-refractivity contribution in [3.05, 3.63) is 70.5 Å². The molecular formula is C27H31N3O. The van der Waals surface area contributed by atoms with Crippen molar-refractivity contribution in [2.45, 2.75) is 64.8 Å². The highest BCUT2D eigenvalue weighted by Gasteiger charge is 2.73. The lowest BCUT2D eigenvalue weighted by Crippen LogP contribution is -2.51. The van der Waals surface area contributed by atoms with Crippen molar-refractivity contribution in [3.63, 3.8) is 0 Å². The van der Waals surface area contributed by atoms with E-state index < -0.39 is 5.41 Å². The molecule has 2 unspecified atom stereocenters. The van der Waals surface area contributed by atoms with Crippen molar-refractivity contribution in [1.82, 2.24) is 14.9 Å². The maximum Gasteiger partial charge on any atom is 0.235 e. The van der Waals surface area contributed by atoms with E-state index in [0.29, 0.717) is 6.54 Å². The van der Waals surface area contributed by atoms with E-state index in [1.807, 2.05) is 30.1 Å². The Labute approximate surface area is 184 Å². The van der Waals surface area contributed by atoms with Crippen LogP contribution in [-0.4, -0.2) is 27.8 Å². The lowest BCUT2D eigenvalue weighted by molar-refractivity contribution is -0.140. The minimum atomic E-state index is -0.638. The number of aromatic nitrogens is 2. The number of carbonyl (C=O) groups excluding carboxylic acids is 1. The van der Waals surface area contributed by atoms with E-state index in [1.54, 1.807) is 0 Å². The van der Waals surface area contributed by atoms with Crippen LogP contribution < -0.4 is 0 Å². The number of rotatable bonds is 3. The third-order valence-electron chi connectivity index (χ3n) is 8.63. The first-order chi connectivity index (χ1) is 14.6. The summed E-state index contributed by atoms with van der Waals surface area (Å²) in [4.78, 5) is 26.4. The van der Waals surface area contributed by atoms with Crippen molar-refractivity contribution < 1.29 is 4.79 Å². The number of fused-ring (bicyclic) bond motifs is 6. The van der Waals surface area contributed by atoms with Gasteiger partial charge in [0.25, 0.3) is 0 Å². The standard InChI is InChI=1S/C27H31N3O/c1-17-14-20-21(15-18(17)2)29-23-22(28-20)26(5)12-13-27(23,25(26,3)4)24(31)30(6)16-19-10-8-7-9-11-19/h7-11,14-15H,12-13,16H2,1-6H3. The van der Waals surface area contributed by atoms with E-state index in [-0.39, 0.29) is 16.7 Å². The summed E-state index contributed by atoms with van der Waals surface area (Å²) in [5.41, 5.74) is 6.28. The van der Waals surface area contributed by atoms with Gasteiger partial charge in [-0.3, -0.25) is 4.79 Å². The highest BCUT2D eigenvalue weighted by atomic mass is 16.2. The number of hydrogen-bond donors (Lipinski definition) is 0. The summed E-state index contributed by atoms with van der Waals surface area (Å²) in [5.74, 6) is 0.168. The molecule has 1 aromatic heterocycles. The van der Waals surface area contributed by atoms with Crippen molar-refractivity contribution in [3.8, 4) is 0 Å². The molecule has 0 saturated heterocycles. The average molecular weight is 414 g/mol. The Morgan fingerprint density at radius 2 is 1.52 bits per heavy atom. The monoisotopic (exact) mass is 413 g/mol. The van der Waals surface area contributed by atoms with Gasteiger partial charge in [-0.2, -0.15) is 0 Å². The summed E-state index contributed by atoms with van der Waals surface area (Å²) in [6.07, 6.45) is 1.79. The summed E-state index contributed by atoms with van der Waals surface area (Å²) in [6.45, 7) is 11.6. The first-order valence-corrected chi connectivity index (χ1v) is 11.2. The zero-order valence-corrected chi connectivity index (χ0v) is 19.4. The molecule has 2 aliphatic rings. The summed E-state index contributed by atoms with van der Waals surface area (Å²) in [5, 5.41) is 0. The third-order valence-corrected chi connectivity index (χ3v) is 8.63. The zero-order valence-electron chi connectivity index (χ0n) is 19.4. The number of aryl methyl sites for hydroxylation is 2. The van der Waals surface area contributed by atoms with Crippen LogP contribution in [0, 0.1) is 19.3 Å². The van der Waals surface area contributed by atoms with Gasteiger partial charge in [-0.1, -0.05) is 51.1 Å². The quantitative estimate of drug-likeness (QED) is 0.590. The van der Waals surface area contributed by atoms with Gasteiger partial charge in [0.05, 0.1) is 27.8 Å². The van der Waals surface area contributed by atoms with Gasteiger partial charge in [-0.15, -0.1) is 0 Å². The SMILES string of the molecule is Cc1cc2nc3c(nc2cc1C)C1(C(=O)N(C)Cc2ccccc2)CCC3(C)C1(C)C. The number of amides is 1. The van der Waals surface area contributed by atoms with Crippen LogP contribution >= 0.6 is 0 Å². The maximum absolute atomic E-state index is 14.2. The van der Waals surface area contributed by atoms with Crippen molar-refractivity contribution in [2.24, 2.45) is 5.41 Å². The van der Waals surface area contributed by atoms with E-state index in [4.69, 9.17) is 9.97 Å². The highest BCUT2D eigenvalue weighted by molar-refractivity contribution is 5.93. The lowest BCUT2D eigenvalue weighted by atomic mass is 9.63. The van der Waals surface area contributed by atoms with Crippen LogP contribution in [0.2, 0.25) is 0 Å². The van der Waals surface area contributed by atoms with E-state index in [0.717, 1.165) is 40.8 Å². The second-order valence-electron chi connectivity index (χ2n) is 10.4. The van der Waals surface area contributed by atoms with Gasteiger partial charge in [-0.25, -0.2) is 9.97 Å². The van der Waals surface area contributed by atoms with Gasteiger partial charge in [0.2, 0.25) is 5.91 Å². The van der Waals surface area contributed by atoms with Gasteiger partial charge in [0.15, 0.2) is 0 Å². The highest BCUT2D eigenvalue weighted by Crippen LogP contribution is 2.70. The molecule has 0 aliphatic heterocycles. The molecule has 1 heterocycles. The molecule has 0 N–H and O–H groups in total. The number of hydrogen-bond acceptors (Lipinski definition) is 3. The van der Waals surface area contributed by atoms with Crippen LogP contribution in [0.1, 0.15) is 61.7 Å². The molecular weight excluding hydrogens is 382 g/mol. The van der Waals surface area contributed by atoms with E-state index in [1.165, 1.54) is 11.1 Å². The van der Waals surface area contributed by atoms with Crippen molar-refractivity contribution in [1.29, 1.82) is 0 Å². The Hall–Kier alpha value is -2.75. The molecule has 160 valence electrons. The maximum atomic E-state index is 14.2. The van der Waals surface area contributed by atoms with Crippen LogP contribution in [0.3, 0.4) is 0 Å². The van der Waals surface area contributed by atoms with Crippen LogP contribution in [-0.2, 0) is 22.2 Å². The van der Waals surface area contributed by atoms with Gasteiger partial charge < -0.3 is 4.90 Å². The van der Waals surface area contributed by atoms with Crippen LogP contribution in [0.4, 0.5) is 0 Å². The Morgan fingerprint density at radius 1 is 0.935 bits per heavy atom. The van der Waals surface area contributed by atoms with Gasteiger partial charge in [-0.05, 0) is 60.9 Å². The molecule has 31 heavy (non-hydrogen) atoms. The fourth-order valence-electron chi connectivity index (χ4n) is 6.09. The Kier molecular flexibility index (Phi) is 4.15. The van der Waals surface area contributed by atoms with Crippen molar-refractivity contribution >= 4 is 16.9 Å². The molecule has 4 heteroatoms. The fraction of sp³-hybridized carbons (Fsp3) is 0.444. The average Bonchev–Trinajstić information content (AvgIpc) is 3.03. The minimum Gasteiger partial charge on any atom is -0.341 e. The largest absolute Gasteiger partial charge is 0.341 e. The van der Waals surface area contributed by atoms with E-state index >= 15 is 0 Å². The fourth-order valence-corrected chi connectivity index (χ4v) is 6.09. The second kappa shape index (κ2) is 6.38. The van der Waals surface area contributed by atoms with Gasteiger partial charge in [0.1, 0.15) is 0 Å².